The average molecular weight is 321 g/mol. The zero-order valence-corrected chi connectivity index (χ0v) is 14.7. The van der Waals surface area contributed by atoms with Crippen LogP contribution in [0.1, 0.15) is 63.0 Å². The fourth-order valence-electron chi connectivity index (χ4n) is 3.89. The van der Waals surface area contributed by atoms with E-state index in [1.54, 1.807) is 0 Å². The monoisotopic (exact) mass is 321 g/mol. The Kier molecular flexibility index (Phi) is 5.03. The average Bonchev–Trinajstić information content (AvgIpc) is 3.13. The van der Waals surface area contributed by atoms with E-state index in [4.69, 9.17) is 0 Å². The Hall–Kier alpha value is -2.09. The molecule has 1 saturated carbocycles. The van der Waals surface area contributed by atoms with Gasteiger partial charge < -0.3 is 5.32 Å². The maximum absolute atomic E-state index is 13.3. The number of hydrogen-bond donors (Lipinski definition) is 1. The SMILES string of the molecule is CC[C@@H](C)c1ccccc1NC(=O)C1(c2ccccc2)CCCC1. The smallest absolute Gasteiger partial charge is 0.235 e. The third kappa shape index (κ3) is 3.10. The van der Waals surface area contributed by atoms with Crippen molar-refractivity contribution in [2.75, 3.05) is 5.32 Å². The van der Waals surface area contributed by atoms with Crippen molar-refractivity contribution in [2.24, 2.45) is 0 Å². The number of nitrogens with one attached hydrogen (secondary N) is 1. The van der Waals surface area contributed by atoms with Gasteiger partial charge in [0.1, 0.15) is 0 Å². The molecule has 0 saturated heterocycles. The van der Waals surface area contributed by atoms with Gasteiger partial charge in [-0.1, -0.05) is 75.2 Å². The van der Waals surface area contributed by atoms with E-state index in [1.165, 1.54) is 5.56 Å². The largest absolute Gasteiger partial charge is 0.325 e. The molecule has 24 heavy (non-hydrogen) atoms. The molecule has 0 radical (unpaired) electrons. The van der Waals surface area contributed by atoms with Crippen LogP contribution < -0.4 is 5.32 Å². The van der Waals surface area contributed by atoms with E-state index in [-0.39, 0.29) is 11.3 Å². The van der Waals surface area contributed by atoms with Crippen LogP contribution >= 0.6 is 0 Å². The summed E-state index contributed by atoms with van der Waals surface area (Å²) in [5.74, 6) is 0.597. The highest BCUT2D eigenvalue weighted by molar-refractivity contribution is 6.00. The molecule has 1 amide bonds. The van der Waals surface area contributed by atoms with Gasteiger partial charge in [-0.3, -0.25) is 4.79 Å². The predicted octanol–water partition coefficient (Wildman–Crippen LogP) is 5.65. The maximum Gasteiger partial charge on any atom is 0.235 e. The van der Waals surface area contributed by atoms with Crippen LogP contribution in [0.25, 0.3) is 0 Å². The van der Waals surface area contributed by atoms with Crippen molar-refractivity contribution in [3.8, 4) is 0 Å². The Balaban J connectivity index is 1.91. The first kappa shape index (κ1) is 16.8. The van der Waals surface area contributed by atoms with Crippen molar-refractivity contribution in [3.63, 3.8) is 0 Å². The molecule has 1 N–H and O–H groups in total. The summed E-state index contributed by atoms with van der Waals surface area (Å²) in [5.41, 5.74) is 2.98. The van der Waals surface area contributed by atoms with Gasteiger partial charge in [-0.2, -0.15) is 0 Å². The summed E-state index contributed by atoms with van der Waals surface area (Å²) in [7, 11) is 0. The van der Waals surface area contributed by atoms with Crippen LogP contribution in [0.15, 0.2) is 54.6 Å². The van der Waals surface area contributed by atoms with Gasteiger partial charge in [0.15, 0.2) is 0 Å². The van der Waals surface area contributed by atoms with Crippen molar-refractivity contribution in [2.45, 2.75) is 57.3 Å². The molecule has 0 heterocycles. The quantitative estimate of drug-likeness (QED) is 0.757. The lowest BCUT2D eigenvalue weighted by Crippen LogP contribution is -2.38. The van der Waals surface area contributed by atoms with Gasteiger partial charge in [-0.25, -0.2) is 0 Å². The number of carbonyl (C=O) groups is 1. The lowest BCUT2D eigenvalue weighted by Gasteiger charge is -2.29. The van der Waals surface area contributed by atoms with Crippen molar-refractivity contribution >= 4 is 11.6 Å². The van der Waals surface area contributed by atoms with E-state index >= 15 is 0 Å². The summed E-state index contributed by atoms with van der Waals surface area (Å²) in [6.45, 7) is 4.40. The van der Waals surface area contributed by atoms with Gasteiger partial charge in [0.05, 0.1) is 5.41 Å². The van der Waals surface area contributed by atoms with E-state index in [9.17, 15) is 4.79 Å². The Labute approximate surface area is 145 Å². The van der Waals surface area contributed by atoms with Gasteiger partial charge >= 0.3 is 0 Å². The second kappa shape index (κ2) is 7.21. The molecule has 0 aliphatic heterocycles. The Morgan fingerprint density at radius 3 is 2.33 bits per heavy atom. The number of carbonyl (C=O) groups excluding carboxylic acids is 1. The normalized spacial score (nSPS) is 17.4. The number of hydrogen-bond acceptors (Lipinski definition) is 1. The first-order valence-electron chi connectivity index (χ1n) is 9.13. The van der Waals surface area contributed by atoms with Crippen LogP contribution in [-0.2, 0) is 10.2 Å². The lowest BCUT2D eigenvalue weighted by atomic mass is 9.78. The van der Waals surface area contributed by atoms with Crippen LogP contribution in [0.5, 0.6) is 0 Å². The second-order valence-electron chi connectivity index (χ2n) is 7.01. The molecule has 0 unspecified atom stereocenters. The molecular weight excluding hydrogens is 294 g/mol. The van der Waals surface area contributed by atoms with Gasteiger partial charge in [0.25, 0.3) is 0 Å². The van der Waals surface area contributed by atoms with Gasteiger partial charge in [-0.15, -0.1) is 0 Å². The molecule has 2 heteroatoms. The topological polar surface area (TPSA) is 29.1 Å². The van der Waals surface area contributed by atoms with E-state index < -0.39 is 0 Å². The first-order chi connectivity index (χ1) is 11.7. The first-order valence-corrected chi connectivity index (χ1v) is 9.13. The van der Waals surface area contributed by atoms with E-state index in [2.05, 4.69) is 43.4 Å². The van der Waals surface area contributed by atoms with Crippen molar-refractivity contribution in [3.05, 3.63) is 65.7 Å². The lowest BCUT2D eigenvalue weighted by molar-refractivity contribution is -0.121. The van der Waals surface area contributed by atoms with Crippen LogP contribution in [0.4, 0.5) is 5.69 Å². The highest BCUT2D eigenvalue weighted by Crippen LogP contribution is 2.42. The molecular formula is C22H27NO. The number of amides is 1. The molecule has 3 rings (SSSR count). The third-order valence-electron chi connectivity index (χ3n) is 5.57. The molecule has 0 spiro atoms. The zero-order valence-electron chi connectivity index (χ0n) is 14.7. The number of benzene rings is 2. The van der Waals surface area contributed by atoms with E-state index in [0.717, 1.165) is 43.4 Å². The number of para-hydroxylation sites is 1. The molecule has 0 bridgehead atoms. The van der Waals surface area contributed by atoms with Crippen molar-refractivity contribution < 1.29 is 4.79 Å². The van der Waals surface area contributed by atoms with Crippen LogP contribution in [0, 0.1) is 0 Å². The Morgan fingerprint density at radius 2 is 1.67 bits per heavy atom. The van der Waals surface area contributed by atoms with E-state index in [0.29, 0.717) is 5.92 Å². The summed E-state index contributed by atoms with van der Waals surface area (Å²) in [5, 5.41) is 3.27. The number of rotatable bonds is 5. The molecule has 1 aliphatic rings. The van der Waals surface area contributed by atoms with Gasteiger partial charge in [-0.05, 0) is 42.4 Å². The molecule has 1 aliphatic carbocycles. The zero-order chi connectivity index (χ0) is 17.0. The standard InChI is InChI=1S/C22H27NO/c1-3-17(2)19-13-7-8-14-20(19)23-21(24)22(15-9-10-16-22)18-11-5-4-6-12-18/h4-8,11-14,17H,3,9-10,15-16H2,1-2H3,(H,23,24)/t17-/m1/s1. The van der Waals surface area contributed by atoms with Crippen LogP contribution in [-0.4, -0.2) is 5.91 Å². The molecule has 2 nitrogen and oxygen atoms in total. The third-order valence-corrected chi connectivity index (χ3v) is 5.57. The highest BCUT2D eigenvalue weighted by Gasteiger charge is 2.42. The summed E-state index contributed by atoms with van der Waals surface area (Å²) < 4.78 is 0. The molecule has 1 atom stereocenters. The predicted molar refractivity (Wildman–Crippen MR) is 100 cm³/mol. The van der Waals surface area contributed by atoms with Crippen molar-refractivity contribution in [1.29, 1.82) is 0 Å². The Morgan fingerprint density at radius 1 is 1.04 bits per heavy atom. The molecule has 126 valence electrons. The van der Waals surface area contributed by atoms with Crippen LogP contribution in [0.3, 0.4) is 0 Å². The minimum Gasteiger partial charge on any atom is -0.325 e. The minimum absolute atomic E-state index is 0.155. The molecule has 1 fully saturated rings. The fraction of sp³-hybridized carbons (Fsp3) is 0.409. The Bertz CT molecular complexity index is 686. The van der Waals surface area contributed by atoms with Gasteiger partial charge in [0.2, 0.25) is 5.91 Å². The van der Waals surface area contributed by atoms with E-state index in [1.807, 2.05) is 30.3 Å². The fourth-order valence-corrected chi connectivity index (χ4v) is 3.89. The molecule has 0 aromatic heterocycles. The summed E-state index contributed by atoms with van der Waals surface area (Å²) in [6, 6.07) is 18.5. The molecule has 2 aromatic carbocycles. The number of anilines is 1. The second-order valence-corrected chi connectivity index (χ2v) is 7.01. The van der Waals surface area contributed by atoms with Gasteiger partial charge in [0, 0.05) is 5.69 Å². The highest BCUT2D eigenvalue weighted by atomic mass is 16.2. The minimum atomic E-state index is -0.371. The summed E-state index contributed by atoms with van der Waals surface area (Å²) in [6.07, 6.45) is 5.18. The summed E-state index contributed by atoms with van der Waals surface area (Å²) in [4.78, 5) is 13.3. The summed E-state index contributed by atoms with van der Waals surface area (Å²) >= 11 is 0. The van der Waals surface area contributed by atoms with Crippen LogP contribution in [0.2, 0.25) is 0 Å². The maximum atomic E-state index is 13.3. The van der Waals surface area contributed by atoms with Crippen molar-refractivity contribution in [1.82, 2.24) is 0 Å². The molecule has 2 aromatic rings.